The first-order valence-corrected chi connectivity index (χ1v) is 6.70. The van der Waals surface area contributed by atoms with E-state index in [4.69, 9.17) is 9.84 Å². The lowest BCUT2D eigenvalue weighted by Crippen LogP contribution is -2.29. The average molecular weight is 286 g/mol. The zero-order valence-corrected chi connectivity index (χ0v) is 11.8. The number of carboxylic acids is 1. The van der Waals surface area contributed by atoms with Gasteiger partial charge in [-0.15, -0.1) is 0 Å². The van der Waals surface area contributed by atoms with Gasteiger partial charge in [0.25, 0.3) is 0 Å². The molecule has 4 nitrogen and oxygen atoms in total. The van der Waals surface area contributed by atoms with Crippen LogP contribution >= 0.6 is 0 Å². The molecular weight excluding hydrogens is 268 g/mol. The van der Waals surface area contributed by atoms with Crippen molar-refractivity contribution in [2.75, 3.05) is 7.11 Å². The van der Waals surface area contributed by atoms with Crippen molar-refractivity contribution in [2.24, 2.45) is 0 Å². The van der Waals surface area contributed by atoms with Crippen molar-refractivity contribution in [1.29, 1.82) is 0 Å². The van der Waals surface area contributed by atoms with Gasteiger partial charge >= 0.3 is 5.97 Å². The highest BCUT2D eigenvalue weighted by atomic mass is 16.5. The normalized spacial score (nSPS) is 13.4. The first-order valence-electron chi connectivity index (χ1n) is 6.70. The van der Waals surface area contributed by atoms with E-state index >= 15 is 0 Å². The van der Waals surface area contributed by atoms with Crippen molar-refractivity contribution < 1.29 is 19.7 Å². The van der Waals surface area contributed by atoms with E-state index in [9.17, 15) is 9.90 Å². The fourth-order valence-corrected chi connectivity index (χ4v) is 2.32. The molecule has 0 aliphatic carbocycles. The molecule has 2 atom stereocenters. The van der Waals surface area contributed by atoms with E-state index in [0.717, 1.165) is 11.1 Å². The Hall–Kier alpha value is -2.33. The minimum Gasteiger partial charge on any atom is -0.497 e. The topological polar surface area (TPSA) is 66.8 Å². The third-order valence-corrected chi connectivity index (χ3v) is 3.45. The molecule has 4 heteroatoms. The standard InChI is InChI=1S/C17H18O4/c1-21-14-9-5-8-13(11-14)15(16(18)17(19)20)10-12-6-3-2-4-7-12/h2-9,11,15-16,18H,10H2,1H3,(H,19,20). The van der Waals surface area contributed by atoms with Crippen LogP contribution in [0.15, 0.2) is 54.6 Å². The van der Waals surface area contributed by atoms with E-state index in [1.807, 2.05) is 36.4 Å². The maximum Gasteiger partial charge on any atom is 0.333 e. The summed E-state index contributed by atoms with van der Waals surface area (Å²) in [6, 6.07) is 16.7. The lowest BCUT2D eigenvalue weighted by Gasteiger charge is -2.21. The molecule has 2 aromatic rings. The van der Waals surface area contributed by atoms with E-state index < -0.39 is 18.0 Å². The summed E-state index contributed by atoms with van der Waals surface area (Å²) in [7, 11) is 1.55. The predicted octanol–water partition coefficient (Wildman–Crippen LogP) is 2.47. The number of carbonyl (C=O) groups is 1. The highest BCUT2D eigenvalue weighted by Gasteiger charge is 2.27. The summed E-state index contributed by atoms with van der Waals surface area (Å²) in [4.78, 5) is 11.2. The van der Waals surface area contributed by atoms with Crippen LogP contribution in [-0.2, 0) is 11.2 Å². The number of aliphatic hydroxyl groups excluding tert-OH is 1. The molecule has 0 bridgehead atoms. The molecule has 2 N–H and O–H groups in total. The van der Waals surface area contributed by atoms with Crippen LogP contribution in [0.2, 0.25) is 0 Å². The average Bonchev–Trinajstić information content (AvgIpc) is 2.53. The summed E-state index contributed by atoms with van der Waals surface area (Å²) in [5, 5.41) is 19.2. The number of ether oxygens (including phenoxy) is 1. The maximum absolute atomic E-state index is 11.2. The van der Waals surface area contributed by atoms with Crippen LogP contribution in [0.5, 0.6) is 5.75 Å². The van der Waals surface area contributed by atoms with Crippen LogP contribution in [-0.4, -0.2) is 29.4 Å². The number of hydrogen-bond acceptors (Lipinski definition) is 3. The molecule has 0 aromatic heterocycles. The van der Waals surface area contributed by atoms with Gasteiger partial charge in [-0.1, -0.05) is 42.5 Å². The molecular formula is C17H18O4. The van der Waals surface area contributed by atoms with Gasteiger partial charge in [0.1, 0.15) is 5.75 Å². The number of rotatable bonds is 6. The Kier molecular flexibility index (Phi) is 4.95. The zero-order valence-electron chi connectivity index (χ0n) is 11.8. The molecule has 0 spiro atoms. The van der Waals surface area contributed by atoms with Gasteiger partial charge in [-0.3, -0.25) is 0 Å². The Morgan fingerprint density at radius 3 is 2.48 bits per heavy atom. The van der Waals surface area contributed by atoms with Gasteiger partial charge < -0.3 is 14.9 Å². The van der Waals surface area contributed by atoms with Crippen LogP contribution in [0.25, 0.3) is 0 Å². The van der Waals surface area contributed by atoms with Crippen LogP contribution in [0.4, 0.5) is 0 Å². The summed E-state index contributed by atoms with van der Waals surface area (Å²) in [6.45, 7) is 0. The highest BCUT2D eigenvalue weighted by molar-refractivity contribution is 5.73. The van der Waals surface area contributed by atoms with Crippen molar-refractivity contribution in [2.45, 2.75) is 18.4 Å². The molecule has 2 aromatic carbocycles. The van der Waals surface area contributed by atoms with Crippen LogP contribution in [0, 0.1) is 0 Å². The maximum atomic E-state index is 11.2. The minimum atomic E-state index is -1.46. The molecule has 0 amide bonds. The number of benzene rings is 2. The van der Waals surface area contributed by atoms with Crippen LogP contribution in [0.3, 0.4) is 0 Å². The van der Waals surface area contributed by atoms with E-state index in [0.29, 0.717) is 12.2 Å². The number of aliphatic carboxylic acids is 1. The molecule has 2 rings (SSSR count). The van der Waals surface area contributed by atoms with E-state index in [1.165, 1.54) is 0 Å². The molecule has 0 saturated heterocycles. The van der Waals surface area contributed by atoms with E-state index in [1.54, 1.807) is 25.3 Å². The van der Waals surface area contributed by atoms with Gasteiger partial charge in [0.05, 0.1) is 7.11 Å². The first kappa shape index (κ1) is 15.1. The Balaban J connectivity index is 2.33. The third kappa shape index (κ3) is 3.83. The Morgan fingerprint density at radius 1 is 1.14 bits per heavy atom. The number of aliphatic hydroxyl groups is 1. The fourth-order valence-electron chi connectivity index (χ4n) is 2.32. The highest BCUT2D eigenvalue weighted by Crippen LogP contribution is 2.27. The second-order valence-corrected chi connectivity index (χ2v) is 4.86. The van der Waals surface area contributed by atoms with Gasteiger partial charge in [-0.25, -0.2) is 4.79 Å². The number of carboxylic acid groups (broad SMARTS) is 1. The Bertz CT molecular complexity index is 595. The number of hydrogen-bond donors (Lipinski definition) is 2. The number of methoxy groups -OCH3 is 1. The van der Waals surface area contributed by atoms with Gasteiger partial charge in [0.2, 0.25) is 0 Å². The van der Waals surface area contributed by atoms with Gasteiger partial charge in [0.15, 0.2) is 6.10 Å². The van der Waals surface area contributed by atoms with Crippen molar-refractivity contribution in [1.82, 2.24) is 0 Å². The summed E-state index contributed by atoms with van der Waals surface area (Å²) in [6.07, 6.45) is -1.01. The first-order chi connectivity index (χ1) is 10.1. The largest absolute Gasteiger partial charge is 0.497 e. The Morgan fingerprint density at radius 2 is 1.86 bits per heavy atom. The van der Waals surface area contributed by atoms with E-state index in [2.05, 4.69) is 0 Å². The second-order valence-electron chi connectivity index (χ2n) is 4.86. The van der Waals surface area contributed by atoms with Gasteiger partial charge in [-0.05, 0) is 29.7 Å². The quantitative estimate of drug-likeness (QED) is 0.856. The monoisotopic (exact) mass is 286 g/mol. The predicted molar refractivity (Wildman–Crippen MR) is 79.5 cm³/mol. The molecule has 0 radical (unpaired) electrons. The van der Waals surface area contributed by atoms with Crippen molar-refractivity contribution in [3.05, 3.63) is 65.7 Å². The van der Waals surface area contributed by atoms with Crippen molar-refractivity contribution in [3.8, 4) is 5.75 Å². The zero-order chi connectivity index (χ0) is 15.2. The summed E-state index contributed by atoms with van der Waals surface area (Å²) in [5.74, 6) is -1.11. The lowest BCUT2D eigenvalue weighted by atomic mass is 9.87. The molecule has 110 valence electrons. The molecule has 0 heterocycles. The van der Waals surface area contributed by atoms with Crippen molar-refractivity contribution >= 4 is 5.97 Å². The fraction of sp³-hybridized carbons (Fsp3) is 0.235. The van der Waals surface area contributed by atoms with Crippen molar-refractivity contribution in [3.63, 3.8) is 0 Å². The van der Waals surface area contributed by atoms with E-state index in [-0.39, 0.29) is 0 Å². The van der Waals surface area contributed by atoms with Gasteiger partial charge in [0, 0.05) is 5.92 Å². The lowest BCUT2D eigenvalue weighted by molar-refractivity contribution is -0.147. The summed E-state index contributed by atoms with van der Waals surface area (Å²) >= 11 is 0. The summed E-state index contributed by atoms with van der Waals surface area (Å²) < 4.78 is 5.17. The van der Waals surface area contributed by atoms with Crippen LogP contribution < -0.4 is 4.74 Å². The minimum absolute atomic E-state index is 0.446. The molecule has 0 fully saturated rings. The van der Waals surface area contributed by atoms with Crippen LogP contribution in [0.1, 0.15) is 17.0 Å². The summed E-state index contributed by atoms with van der Waals surface area (Å²) in [5.41, 5.74) is 1.72. The molecule has 0 aliphatic heterocycles. The molecule has 0 saturated carbocycles. The van der Waals surface area contributed by atoms with Gasteiger partial charge in [-0.2, -0.15) is 0 Å². The molecule has 0 aliphatic rings. The SMILES string of the molecule is COc1cccc(C(Cc2ccccc2)C(O)C(=O)O)c1. The Labute approximate surface area is 123 Å². The second kappa shape index (κ2) is 6.90. The molecule has 2 unspecified atom stereocenters. The third-order valence-electron chi connectivity index (χ3n) is 3.45. The molecule has 21 heavy (non-hydrogen) atoms. The smallest absolute Gasteiger partial charge is 0.333 e.